The van der Waals surface area contributed by atoms with Crippen LogP contribution in [-0.2, 0) is 9.53 Å². The standard InChI is InChI=1S/C6H10N4O2S/c1-12-5(11)3-2-4-13-6-7-9-10-8-6/h2-4H2,1H3,(H,7,8,9,10). The van der Waals surface area contributed by atoms with E-state index in [4.69, 9.17) is 0 Å². The van der Waals surface area contributed by atoms with Gasteiger partial charge in [-0.2, -0.15) is 0 Å². The Bertz CT molecular complexity index is 251. The zero-order valence-electron chi connectivity index (χ0n) is 7.19. The van der Waals surface area contributed by atoms with Crippen LogP contribution in [-0.4, -0.2) is 39.5 Å². The maximum Gasteiger partial charge on any atom is 0.305 e. The second-order valence-corrected chi connectivity index (χ2v) is 3.32. The summed E-state index contributed by atoms with van der Waals surface area (Å²) in [5.41, 5.74) is 0. The van der Waals surface area contributed by atoms with Gasteiger partial charge in [-0.05, 0) is 16.8 Å². The number of esters is 1. The average molecular weight is 202 g/mol. The molecule has 1 aromatic rings. The Kier molecular flexibility index (Phi) is 4.24. The van der Waals surface area contributed by atoms with E-state index in [0.717, 1.165) is 12.2 Å². The highest BCUT2D eigenvalue weighted by atomic mass is 32.2. The first-order valence-corrected chi connectivity index (χ1v) is 4.75. The quantitative estimate of drug-likeness (QED) is 0.418. The number of methoxy groups -OCH3 is 1. The number of aromatic amines is 1. The molecule has 6 nitrogen and oxygen atoms in total. The molecule has 0 spiro atoms. The highest BCUT2D eigenvalue weighted by Gasteiger charge is 2.01. The van der Waals surface area contributed by atoms with Gasteiger partial charge in [-0.25, -0.2) is 5.10 Å². The number of tetrazole rings is 1. The van der Waals surface area contributed by atoms with Gasteiger partial charge in [0.25, 0.3) is 0 Å². The molecule has 1 N–H and O–H groups in total. The lowest BCUT2D eigenvalue weighted by molar-refractivity contribution is -0.140. The first-order valence-electron chi connectivity index (χ1n) is 3.76. The van der Waals surface area contributed by atoms with Crippen molar-refractivity contribution in [3.05, 3.63) is 0 Å². The van der Waals surface area contributed by atoms with Crippen molar-refractivity contribution in [1.82, 2.24) is 20.6 Å². The molecular formula is C6H10N4O2S. The maximum atomic E-state index is 10.7. The van der Waals surface area contributed by atoms with Crippen LogP contribution in [0.3, 0.4) is 0 Å². The van der Waals surface area contributed by atoms with Crippen LogP contribution in [0.15, 0.2) is 5.16 Å². The number of H-pyrrole nitrogens is 1. The van der Waals surface area contributed by atoms with Gasteiger partial charge in [0.15, 0.2) is 0 Å². The SMILES string of the molecule is COC(=O)CCCSc1nnn[nH]1. The molecule has 0 amide bonds. The van der Waals surface area contributed by atoms with Crippen molar-refractivity contribution in [2.45, 2.75) is 18.0 Å². The van der Waals surface area contributed by atoms with Crippen LogP contribution in [0.5, 0.6) is 0 Å². The fraction of sp³-hybridized carbons (Fsp3) is 0.667. The fourth-order valence-corrected chi connectivity index (χ4v) is 1.38. The van der Waals surface area contributed by atoms with E-state index in [1.54, 1.807) is 0 Å². The number of ether oxygens (including phenoxy) is 1. The molecule has 0 saturated heterocycles. The lowest BCUT2D eigenvalue weighted by atomic mass is 10.3. The maximum absolute atomic E-state index is 10.7. The van der Waals surface area contributed by atoms with E-state index < -0.39 is 0 Å². The molecule has 0 aliphatic carbocycles. The summed E-state index contributed by atoms with van der Waals surface area (Å²) in [4.78, 5) is 10.7. The molecule has 1 rings (SSSR count). The van der Waals surface area contributed by atoms with Crippen LogP contribution in [0.25, 0.3) is 0 Å². The summed E-state index contributed by atoms with van der Waals surface area (Å²) in [6.45, 7) is 0. The van der Waals surface area contributed by atoms with Gasteiger partial charge in [-0.3, -0.25) is 4.79 Å². The third-order valence-electron chi connectivity index (χ3n) is 1.32. The van der Waals surface area contributed by atoms with Crippen molar-refractivity contribution >= 4 is 17.7 Å². The molecule has 1 heterocycles. The number of rotatable bonds is 5. The zero-order chi connectivity index (χ0) is 9.52. The van der Waals surface area contributed by atoms with Gasteiger partial charge in [0.2, 0.25) is 5.16 Å². The Balaban J connectivity index is 2.05. The van der Waals surface area contributed by atoms with Crippen molar-refractivity contribution < 1.29 is 9.53 Å². The molecule has 0 aromatic carbocycles. The van der Waals surface area contributed by atoms with Gasteiger partial charge < -0.3 is 4.74 Å². The molecule has 0 aliphatic heterocycles. The Labute approximate surface area is 79.4 Å². The molecule has 0 radical (unpaired) electrons. The van der Waals surface area contributed by atoms with Crippen LogP contribution >= 0.6 is 11.8 Å². The number of carbonyl (C=O) groups is 1. The van der Waals surface area contributed by atoms with E-state index in [1.165, 1.54) is 18.9 Å². The molecule has 0 aliphatic rings. The van der Waals surface area contributed by atoms with Gasteiger partial charge in [-0.15, -0.1) is 5.10 Å². The van der Waals surface area contributed by atoms with Gasteiger partial charge in [0.05, 0.1) is 7.11 Å². The third kappa shape index (κ3) is 3.88. The summed E-state index contributed by atoms with van der Waals surface area (Å²) in [7, 11) is 1.38. The molecule has 0 unspecified atom stereocenters. The number of aromatic nitrogens is 4. The lowest BCUT2D eigenvalue weighted by Crippen LogP contribution is -2.00. The first kappa shape index (κ1) is 9.97. The fourth-order valence-electron chi connectivity index (χ4n) is 0.699. The van der Waals surface area contributed by atoms with Crippen LogP contribution in [0.4, 0.5) is 0 Å². The normalized spacial score (nSPS) is 9.92. The van der Waals surface area contributed by atoms with E-state index >= 15 is 0 Å². The smallest absolute Gasteiger partial charge is 0.305 e. The molecule has 0 saturated carbocycles. The van der Waals surface area contributed by atoms with Crippen molar-refractivity contribution in [3.8, 4) is 0 Å². The minimum atomic E-state index is -0.184. The van der Waals surface area contributed by atoms with E-state index in [1.807, 2.05) is 0 Å². The number of hydrogen-bond acceptors (Lipinski definition) is 6. The second-order valence-electron chi connectivity index (χ2n) is 2.23. The monoisotopic (exact) mass is 202 g/mol. The predicted molar refractivity (Wildman–Crippen MR) is 46.2 cm³/mol. The van der Waals surface area contributed by atoms with Gasteiger partial charge in [-0.1, -0.05) is 11.8 Å². The van der Waals surface area contributed by atoms with E-state index in [2.05, 4.69) is 25.4 Å². The third-order valence-corrected chi connectivity index (χ3v) is 2.26. The Morgan fingerprint density at radius 1 is 1.69 bits per heavy atom. The number of carbonyl (C=O) groups excluding carboxylic acids is 1. The predicted octanol–water partition coefficient (Wildman–Crippen LogP) is 0.245. The number of nitrogens with one attached hydrogen (secondary N) is 1. The molecule has 7 heteroatoms. The van der Waals surface area contributed by atoms with Crippen LogP contribution in [0.2, 0.25) is 0 Å². The highest BCUT2D eigenvalue weighted by Crippen LogP contribution is 2.12. The minimum absolute atomic E-state index is 0.184. The van der Waals surface area contributed by atoms with E-state index in [0.29, 0.717) is 11.6 Å². The molecular weight excluding hydrogens is 192 g/mol. The Morgan fingerprint density at radius 2 is 2.54 bits per heavy atom. The highest BCUT2D eigenvalue weighted by molar-refractivity contribution is 7.99. The van der Waals surface area contributed by atoms with Crippen molar-refractivity contribution in [3.63, 3.8) is 0 Å². The molecule has 0 atom stereocenters. The summed E-state index contributed by atoms with van der Waals surface area (Å²) in [5, 5.41) is 13.8. The zero-order valence-corrected chi connectivity index (χ0v) is 8.00. The van der Waals surface area contributed by atoms with E-state index in [9.17, 15) is 4.79 Å². The molecule has 13 heavy (non-hydrogen) atoms. The molecule has 0 fully saturated rings. The molecule has 0 bridgehead atoms. The molecule has 72 valence electrons. The Hall–Kier alpha value is -1.11. The summed E-state index contributed by atoms with van der Waals surface area (Å²) >= 11 is 1.48. The number of thioether (sulfide) groups is 1. The van der Waals surface area contributed by atoms with Crippen LogP contribution < -0.4 is 0 Å². The van der Waals surface area contributed by atoms with Crippen molar-refractivity contribution in [1.29, 1.82) is 0 Å². The van der Waals surface area contributed by atoms with Gasteiger partial charge in [0.1, 0.15) is 0 Å². The topological polar surface area (TPSA) is 80.8 Å². The van der Waals surface area contributed by atoms with Crippen LogP contribution in [0.1, 0.15) is 12.8 Å². The average Bonchev–Trinajstić information content (AvgIpc) is 2.64. The van der Waals surface area contributed by atoms with Crippen LogP contribution in [0, 0.1) is 0 Å². The van der Waals surface area contributed by atoms with Crippen molar-refractivity contribution in [2.75, 3.05) is 12.9 Å². The largest absolute Gasteiger partial charge is 0.469 e. The summed E-state index contributed by atoms with van der Waals surface area (Å²) in [5.74, 6) is 0.614. The summed E-state index contributed by atoms with van der Waals surface area (Å²) in [6, 6.07) is 0. The number of nitrogens with zero attached hydrogens (tertiary/aromatic N) is 3. The minimum Gasteiger partial charge on any atom is -0.469 e. The van der Waals surface area contributed by atoms with Crippen molar-refractivity contribution in [2.24, 2.45) is 0 Å². The van der Waals surface area contributed by atoms with Gasteiger partial charge in [0, 0.05) is 12.2 Å². The molecule has 1 aromatic heterocycles. The summed E-state index contributed by atoms with van der Waals surface area (Å²) in [6.07, 6.45) is 1.20. The second kappa shape index (κ2) is 5.52. The lowest BCUT2D eigenvalue weighted by Gasteiger charge is -1.96. The Morgan fingerprint density at radius 3 is 3.15 bits per heavy atom. The van der Waals surface area contributed by atoms with E-state index in [-0.39, 0.29) is 5.97 Å². The number of hydrogen-bond donors (Lipinski definition) is 1. The van der Waals surface area contributed by atoms with Gasteiger partial charge >= 0.3 is 5.97 Å². The first-order chi connectivity index (χ1) is 6.33. The summed E-state index contributed by atoms with van der Waals surface area (Å²) < 4.78 is 4.49.